The van der Waals surface area contributed by atoms with Crippen LogP contribution in [0.5, 0.6) is 5.75 Å². The molecule has 0 aromatic heterocycles. The van der Waals surface area contributed by atoms with Crippen LogP contribution in [0.2, 0.25) is 0 Å². The molecule has 0 spiro atoms. The van der Waals surface area contributed by atoms with Gasteiger partial charge in [0.25, 0.3) is 0 Å². The molecule has 2 bridgehead atoms. The number of hydrogen-bond donors (Lipinski definition) is 3. The number of aliphatic carboxylic acids is 1. The van der Waals surface area contributed by atoms with Gasteiger partial charge in [-0.25, -0.2) is 4.79 Å². The van der Waals surface area contributed by atoms with E-state index in [4.69, 9.17) is 10.2 Å². The number of aromatic hydroxyl groups is 1. The number of hydrogen-bond acceptors (Lipinski definition) is 3. The number of amides is 1. The Morgan fingerprint density at radius 2 is 1.94 bits per heavy atom. The van der Waals surface area contributed by atoms with Crippen molar-refractivity contribution in [3.8, 4) is 5.75 Å². The maximum atomic E-state index is 9.78. The van der Waals surface area contributed by atoms with Gasteiger partial charge in [-0.15, -0.1) is 0 Å². The highest BCUT2D eigenvalue weighted by Gasteiger charge is 2.11. The van der Waals surface area contributed by atoms with Gasteiger partial charge in [0.1, 0.15) is 5.75 Å². The minimum Gasteiger partial charge on any atom is -0.508 e. The van der Waals surface area contributed by atoms with Gasteiger partial charge in [-0.3, -0.25) is 4.79 Å². The van der Waals surface area contributed by atoms with E-state index in [0.717, 1.165) is 18.1 Å². The van der Waals surface area contributed by atoms with Crippen LogP contribution in [0.4, 0.5) is 0 Å². The van der Waals surface area contributed by atoms with E-state index in [2.05, 4.69) is 5.73 Å². The summed E-state index contributed by atoms with van der Waals surface area (Å²) >= 11 is 0. The van der Waals surface area contributed by atoms with Crippen molar-refractivity contribution < 1.29 is 19.8 Å². The average molecular weight is 221 g/mol. The third kappa shape index (κ3) is 3.45. The number of rotatable bonds is 2. The molecule has 0 aliphatic heterocycles. The summed E-state index contributed by atoms with van der Waals surface area (Å²) in [6, 6.07) is 5.70. The summed E-state index contributed by atoms with van der Waals surface area (Å²) in [6.45, 7) is 0. The van der Waals surface area contributed by atoms with Crippen LogP contribution in [-0.4, -0.2) is 22.1 Å². The van der Waals surface area contributed by atoms with E-state index in [1.165, 1.54) is 5.56 Å². The Morgan fingerprint density at radius 1 is 1.31 bits per heavy atom. The van der Waals surface area contributed by atoms with Gasteiger partial charge in [0.15, 0.2) is 0 Å². The van der Waals surface area contributed by atoms with Gasteiger partial charge < -0.3 is 15.9 Å². The van der Waals surface area contributed by atoms with Crippen molar-refractivity contribution in [2.45, 2.75) is 6.42 Å². The lowest BCUT2D eigenvalue weighted by Gasteiger charge is -2.14. The minimum atomic E-state index is -1.18. The number of carbonyl (C=O) groups excluding carboxylic acids is 1. The number of phenolic OH excluding ortho intramolecular Hbond substituents is 1. The number of phenols is 1. The summed E-state index contributed by atoms with van der Waals surface area (Å²) in [7, 11) is 0. The molecular weight excluding hydrogens is 210 g/mol. The zero-order chi connectivity index (χ0) is 12.1. The quantitative estimate of drug-likeness (QED) is 0.639. The van der Waals surface area contributed by atoms with Crippen molar-refractivity contribution in [3.05, 3.63) is 41.5 Å². The normalized spacial score (nSPS) is 11.2. The van der Waals surface area contributed by atoms with E-state index in [9.17, 15) is 9.59 Å². The fourth-order valence-electron chi connectivity index (χ4n) is 1.13. The summed E-state index contributed by atoms with van der Waals surface area (Å²) in [6.07, 6.45) is 2.44. The summed E-state index contributed by atoms with van der Waals surface area (Å²) in [4.78, 5) is 19.4. The molecule has 0 saturated heterocycles. The van der Waals surface area contributed by atoms with E-state index < -0.39 is 11.9 Å². The number of fused-ring (bicyclic) bond motifs is 2. The molecular formula is C11H11NO4. The van der Waals surface area contributed by atoms with Crippen LogP contribution in [0, 0.1) is 0 Å². The Morgan fingerprint density at radius 3 is 2.12 bits per heavy atom. The fourth-order valence-corrected chi connectivity index (χ4v) is 1.13. The monoisotopic (exact) mass is 221 g/mol. The van der Waals surface area contributed by atoms with E-state index in [0.29, 0.717) is 11.8 Å². The zero-order valence-electron chi connectivity index (χ0n) is 8.38. The Kier molecular flexibility index (Phi) is 3.66. The molecule has 0 unspecified atom stereocenters. The molecule has 0 heterocycles. The molecule has 2 aliphatic rings. The van der Waals surface area contributed by atoms with Crippen molar-refractivity contribution in [2.24, 2.45) is 5.73 Å². The third-order valence-electron chi connectivity index (χ3n) is 1.93. The molecule has 1 aromatic rings. The summed E-state index contributed by atoms with van der Waals surface area (Å²) in [5, 5.41) is 16.8. The molecule has 84 valence electrons. The highest BCUT2D eigenvalue weighted by molar-refractivity contribution is 5.92. The van der Waals surface area contributed by atoms with Gasteiger partial charge in [-0.1, -0.05) is 12.1 Å². The zero-order valence-corrected chi connectivity index (χ0v) is 8.38. The Hall–Kier alpha value is -2.30. The first-order valence-corrected chi connectivity index (χ1v) is 4.50. The first-order chi connectivity index (χ1) is 7.49. The first-order valence-electron chi connectivity index (χ1n) is 4.50. The van der Waals surface area contributed by atoms with E-state index in [-0.39, 0.29) is 0 Å². The van der Waals surface area contributed by atoms with Crippen molar-refractivity contribution in [3.63, 3.8) is 0 Å². The highest BCUT2D eigenvalue weighted by Crippen LogP contribution is 2.29. The predicted molar refractivity (Wildman–Crippen MR) is 56.9 cm³/mol. The molecule has 16 heavy (non-hydrogen) atoms. The largest absolute Gasteiger partial charge is 0.508 e. The molecule has 0 atom stereocenters. The SMILES string of the molecule is NC(=O)C=CC(=O)O.Oc1ccc2cc1C2. The lowest BCUT2D eigenvalue weighted by molar-refractivity contribution is -0.131. The second-order valence-electron chi connectivity index (χ2n) is 3.21. The maximum absolute atomic E-state index is 9.78. The van der Waals surface area contributed by atoms with E-state index in [1.807, 2.05) is 12.1 Å². The summed E-state index contributed by atoms with van der Waals surface area (Å²) < 4.78 is 0. The fraction of sp³-hybridized carbons (Fsp3) is 0.0909. The van der Waals surface area contributed by atoms with Gasteiger partial charge in [0.05, 0.1) is 0 Å². The molecule has 1 aromatic carbocycles. The molecule has 0 fully saturated rings. The summed E-state index contributed by atoms with van der Waals surface area (Å²) in [5.41, 5.74) is 6.97. The molecule has 3 rings (SSSR count). The Bertz CT molecular complexity index is 426. The molecule has 5 nitrogen and oxygen atoms in total. The van der Waals surface area contributed by atoms with Crippen molar-refractivity contribution in [1.29, 1.82) is 0 Å². The van der Waals surface area contributed by atoms with Crippen molar-refractivity contribution in [2.75, 3.05) is 0 Å². The first kappa shape index (κ1) is 11.8. The second kappa shape index (κ2) is 4.97. The number of carboxylic acid groups (broad SMARTS) is 1. The van der Waals surface area contributed by atoms with Crippen LogP contribution in [0.1, 0.15) is 11.1 Å². The van der Waals surface area contributed by atoms with Crippen LogP contribution < -0.4 is 5.73 Å². The standard InChI is InChI=1S/C7H6O.C4H5NO3/c8-7-2-1-5-3-6(7)4-5;5-3(6)1-2-4(7)8/h1-3,8H,4H2;1-2H,(H2,5,6)(H,7,8). The van der Waals surface area contributed by atoms with Gasteiger partial charge in [-0.05, 0) is 17.2 Å². The average Bonchev–Trinajstić information content (AvgIpc) is 2.14. The number of benzene rings is 1. The summed E-state index contributed by atoms with van der Waals surface area (Å²) in [5.74, 6) is -1.49. The van der Waals surface area contributed by atoms with Crippen LogP contribution in [-0.2, 0) is 16.0 Å². The lowest BCUT2D eigenvalue weighted by Crippen LogP contribution is -2.06. The lowest BCUT2D eigenvalue weighted by atomic mass is 9.93. The van der Waals surface area contributed by atoms with Crippen molar-refractivity contribution >= 4 is 11.9 Å². The van der Waals surface area contributed by atoms with Crippen LogP contribution in [0.15, 0.2) is 30.4 Å². The van der Waals surface area contributed by atoms with Crippen molar-refractivity contribution in [1.82, 2.24) is 0 Å². The topological polar surface area (TPSA) is 101 Å². The minimum absolute atomic E-state index is 0.444. The van der Waals surface area contributed by atoms with Gasteiger partial charge in [-0.2, -0.15) is 0 Å². The number of carbonyl (C=O) groups is 2. The van der Waals surface area contributed by atoms with Crippen LogP contribution in [0.25, 0.3) is 0 Å². The van der Waals surface area contributed by atoms with Crippen LogP contribution in [0.3, 0.4) is 0 Å². The van der Waals surface area contributed by atoms with Gasteiger partial charge >= 0.3 is 5.97 Å². The second-order valence-corrected chi connectivity index (χ2v) is 3.21. The van der Waals surface area contributed by atoms with E-state index >= 15 is 0 Å². The number of nitrogens with two attached hydrogens (primary N) is 1. The number of primary amides is 1. The molecule has 0 saturated carbocycles. The molecule has 2 aliphatic carbocycles. The highest BCUT2D eigenvalue weighted by atomic mass is 16.4. The predicted octanol–water partition coefficient (Wildman–Crippen LogP) is 0.409. The Labute approximate surface area is 91.8 Å². The number of carboxylic acids is 1. The molecule has 4 N–H and O–H groups in total. The molecule has 0 radical (unpaired) electrons. The van der Waals surface area contributed by atoms with Gasteiger partial charge in [0.2, 0.25) is 5.91 Å². The molecule has 5 heteroatoms. The Balaban J connectivity index is 0.000000160. The third-order valence-corrected chi connectivity index (χ3v) is 1.93. The molecule has 1 amide bonds. The van der Waals surface area contributed by atoms with Crippen LogP contribution >= 0.6 is 0 Å². The maximum Gasteiger partial charge on any atom is 0.328 e. The van der Waals surface area contributed by atoms with E-state index in [1.54, 1.807) is 6.07 Å². The smallest absolute Gasteiger partial charge is 0.328 e. The van der Waals surface area contributed by atoms with Gasteiger partial charge in [0, 0.05) is 18.6 Å².